The molecule has 0 radical (unpaired) electrons. The number of nitrogens with one attached hydrogen (secondary N) is 1. The normalized spacial score (nSPS) is 10.4. The van der Waals surface area contributed by atoms with Gasteiger partial charge >= 0.3 is 0 Å². The first-order valence-electron chi connectivity index (χ1n) is 7.65. The van der Waals surface area contributed by atoms with Gasteiger partial charge in [0, 0.05) is 25.3 Å². The summed E-state index contributed by atoms with van der Waals surface area (Å²) in [6.45, 7) is 4.09. The number of anilines is 1. The number of rotatable bonds is 7. The molecule has 0 fully saturated rings. The number of para-hydroxylation sites is 1. The third kappa shape index (κ3) is 4.52. The van der Waals surface area contributed by atoms with E-state index in [4.69, 9.17) is 0 Å². The topological polar surface area (TPSA) is 32.3 Å². The van der Waals surface area contributed by atoms with Crippen LogP contribution in [0.4, 0.5) is 14.5 Å². The summed E-state index contributed by atoms with van der Waals surface area (Å²) in [5.41, 5.74) is 0.859. The van der Waals surface area contributed by atoms with Crippen LogP contribution >= 0.6 is 0 Å². The second kappa shape index (κ2) is 8.27. The van der Waals surface area contributed by atoms with Gasteiger partial charge in [0.2, 0.25) is 0 Å². The van der Waals surface area contributed by atoms with Crippen LogP contribution in [0.3, 0.4) is 0 Å². The molecule has 0 spiro atoms. The van der Waals surface area contributed by atoms with Gasteiger partial charge in [-0.05, 0) is 37.6 Å². The molecule has 1 N–H and O–H groups in total. The summed E-state index contributed by atoms with van der Waals surface area (Å²) in [5.74, 6) is -2.71. The Morgan fingerprint density at radius 3 is 2.52 bits per heavy atom. The lowest BCUT2D eigenvalue weighted by Gasteiger charge is -2.23. The Morgan fingerprint density at radius 2 is 1.83 bits per heavy atom. The zero-order chi connectivity index (χ0) is 16.7. The van der Waals surface area contributed by atoms with Gasteiger partial charge in [-0.2, -0.15) is 0 Å². The Kier molecular flexibility index (Phi) is 6.09. The Labute approximate surface area is 134 Å². The molecule has 0 heterocycles. The number of nitrogens with zero attached hydrogens (tertiary/aromatic N) is 1. The van der Waals surface area contributed by atoms with Crippen molar-refractivity contribution in [2.24, 2.45) is 0 Å². The monoisotopic (exact) mass is 318 g/mol. The molecule has 0 aliphatic heterocycles. The van der Waals surface area contributed by atoms with E-state index in [9.17, 15) is 13.6 Å². The number of hydrogen-bond acceptors (Lipinski definition) is 2. The van der Waals surface area contributed by atoms with E-state index in [1.807, 2.05) is 30.3 Å². The number of hydrogen-bond donors (Lipinski definition) is 1. The summed E-state index contributed by atoms with van der Waals surface area (Å²) in [6.07, 6.45) is 0.714. The third-order valence-corrected chi connectivity index (χ3v) is 3.59. The molecule has 0 bridgehead atoms. The fraction of sp³-hybridized carbons (Fsp3) is 0.278. The van der Waals surface area contributed by atoms with Crippen LogP contribution in [-0.2, 0) is 0 Å². The highest BCUT2D eigenvalue weighted by atomic mass is 19.2. The molecule has 0 saturated heterocycles. The van der Waals surface area contributed by atoms with E-state index in [0.29, 0.717) is 13.0 Å². The molecular weight excluding hydrogens is 298 g/mol. The smallest absolute Gasteiger partial charge is 0.254 e. The van der Waals surface area contributed by atoms with Gasteiger partial charge in [0.25, 0.3) is 5.91 Å². The molecule has 0 unspecified atom stereocenters. The van der Waals surface area contributed by atoms with Crippen molar-refractivity contribution in [2.75, 3.05) is 24.5 Å². The lowest BCUT2D eigenvalue weighted by atomic mass is 10.2. The number of amides is 1. The number of halogens is 2. The van der Waals surface area contributed by atoms with Crippen molar-refractivity contribution >= 4 is 11.6 Å². The summed E-state index contributed by atoms with van der Waals surface area (Å²) in [5, 5.41) is 2.63. The molecule has 1 amide bonds. The van der Waals surface area contributed by atoms with Crippen LogP contribution in [0.2, 0.25) is 0 Å². The minimum atomic E-state index is -1.11. The molecule has 122 valence electrons. The Balaban J connectivity index is 1.83. The molecule has 2 aromatic rings. The van der Waals surface area contributed by atoms with E-state index in [0.717, 1.165) is 24.8 Å². The van der Waals surface area contributed by atoms with Crippen molar-refractivity contribution in [3.05, 3.63) is 65.7 Å². The highest BCUT2D eigenvalue weighted by Crippen LogP contribution is 2.13. The van der Waals surface area contributed by atoms with Gasteiger partial charge in [-0.15, -0.1) is 0 Å². The average Bonchev–Trinajstić information content (AvgIpc) is 2.58. The predicted octanol–water partition coefficient (Wildman–Crippen LogP) is 3.61. The van der Waals surface area contributed by atoms with Gasteiger partial charge in [0.05, 0.1) is 5.56 Å². The maximum Gasteiger partial charge on any atom is 0.254 e. The maximum absolute atomic E-state index is 13.5. The van der Waals surface area contributed by atoms with Crippen molar-refractivity contribution in [3.63, 3.8) is 0 Å². The van der Waals surface area contributed by atoms with Gasteiger partial charge in [-0.3, -0.25) is 4.79 Å². The zero-order valence-electron chi connectivity index (χ0n) is 13.1. The van der Waals surface area contributed by atoms with Crippen molar-refractivity contribution in [1.29, 1.82) is 0 Å². The fourth-order valence-electron chi connectivity index (χ4n) is 2.35. The minimum Gasteiger partial charge on any atom is -0.372 e. The zero-order valence-corrected chi connectivity index (χ0v) is 13.1. The summed E-state index contributed by atoms with van der Waals surface area (Å²) >= 11 is 0. The Morgan fingerprint density at radius 1 is 1.09 bits per heavy atom. The SMILES string of the molecule is CCN(CCCNC(=O)c1cccc(F)c1F)c1ccccc1. The first-order chi connectivity index (χ1) is 11.1. The van der Waals surface area contributed by atoms with Gasteiger partial charge in [0.1, 0.15) is 0 Å². The molecule has 0 aliphatic rings. The molecular formula is C18H20F2N2O. The average molecular weight is 318 g/mol. The molecule has 0 aromatic heterocycles. The van der Waals surface area contributed by atoms with Crippen LogP contribution in [0.1, 0.15) is 23.7 Å². The van der Waals surface area contributed by atoms with Crippen molar-refractivity contribution < 1.29 is 13.6 Å². The number of carbonyl (C=O) groups excluding carboxylic acids is 1. The Bertz CT molecular complexity index is 647. The van der Waals surface area contributed by atoms with E-state index in [1.165, 1.54) is 12.1 Å². The first kappa shape index (κ1) is 16.9. The standard InChI is InChI=1S/C18H20F2N2O/c1-2-22(14-8-4-3-5-9-14)13-7-12-21-18(23)15-10-6-11-16(19)17(15)20/h3-6,8-11H,2,7,12-13H2,1H3,(H,21,23). The molecule has 0 saturated carbocycles. The maximum atomic E-state index is 13.5. The molecule has 5 heteroatoms. The summed E-state index contributed by atoms with van der Waals surface area (Å²) in [4.78, 5) is 14.1. The molecule has 2 rings (SSSR count). The van der Waals surface area contributed by atoms with Gasteiger partial charge in [-0.25, -0.2) is 8.78 Å². The minimum absolute atomic E-state index is 0.264. The van der Waals surface area contributed by atoms with Crippen LogP contribution < -0.4 is 10.2 Å². The second-order valence-electron chi connectivity index (χ2n) is 5.13. The van der Waals surface area contributed by atoms with Crippen LogP contribution in [0, 0.1) is 11.6 Å². The van der Waals surface area contributed by atoms with Crippen LogP contribution in [0.25, 0.3) is 0 Å². The Hall–Kier alpha value is -2.43. The molecule has 2 aromatic carbocycles. The van der Waals surface area contributed by atoms with Crippen molar-refractivity contribution in [2.45, 2.75) is 13.3 Å². The van der Waals surface area contributed by atoms with E-state index in [-0.39, 0.29) is 5.56 Å². The van der Waals surface area contributed by atoms with Gasteiger partial charge < -0.3 is 10.2 Å². The van der Waals surface area contributed by atoms with Crippen LogP contribution in [0.15, 0.2) is 48.5 Å². The van der Waals surface area contributed by atoms with Gasteiger partial charge in [-0.1, -0.05) is 24.3 Å². The van der Waals surface area contributed by atoms with Gasteiger partial charge in [0.15, 0.2) is 11.6 Å². The molecule has 0 atom stereocenters. The van der Waals surface area contributed by atoms with Crippen molar-refractivity contribution in [1.82, 2.24) is 5.32 Å². The highest BCUT2D eigenvalue weighted by Gasteiger charge is 2.14. The van der Waals surface area contributed by atoms with E-state index >= 15 is 0 Å². The van der Waals surface area contributed by atoms with Crippen LogP contribution in [0.5, 0.6) is 0 Å². The third-order valence-electron chi connectivity index (χ3n) is 3.59. The van der Waals surface area contributed by atoms with E-state index < -0.39 is 17.5 Å². The number of benzene rings is 2. The quantitative estimate of drug-likeness (QED) is 0.791. The number of carbonyl (C=O) groups is 1. The van der Waals surface area contributed by atoms with E-state index in [2.05, 4.69) is 17.1 Å². The highest BCUT2D eigenvalue weighted by molar-refractivity contribution is 5.94. The first-order valence-corrected chi connectivity index (χ1v) is 7.65. The fourth-order valence-corrected chi connectivity index (χ4v) is 2.35. The lowest BCUT2D eigenvalue weighted by molar-refractivity contribution is 0.0948. The largest absolute Gasteiger partial charge is 0.372 e. The van der Waals surface area contributed by atoms with Crippen LogP contribution in [-0.4, -0.2) is 25.5 Å². The summed E-state index contributed by atoms with van der Waals surface area (Å²) < 4.78 is 26.6. The van der Waals surface area contributed by atoms with Crippen molar-refractivity contribution in [3.8, 4) is 0 Å². The molecule has 0 aliphatic carbocycles. The van der Waals surface area contributed by atoms with E-state index in [1.54, 1.807) is 0 Å². The summed E-state index contributed by atoms with van der Waals surface area (Å²) in [6, 6.07) is 13.6. The molecule has 23 heavy (non-hydrogen) atoms. The predicted molar refractivity (Wildman–Crippen MR) is 87.6 cm³/mol. The summed E-state index contributed by atoms with van der Waals surface area (Å²) in [7, 11) is 0. The lowest BCUT2D eigenvalue weighted by Crippen LogP contribution is -2.30. The second-order valence-corrected chi connectivity index (χ2v) is 5.13. The molecule has 3 nitrogen and oxygen atoms in total.